The summed E-state index contributed by atoms with van der Waals surface area (Å²) in [5, 5.41) is 3.75. The van der Waals surface area contributed by atoms with Gasteiger partial charge in [0.1, 0.15) is 30.6 Å². The summed E-state index contributed by atoms with van der Waals surface area (Å²) in [5.41, 5.74) is 3.45. The number of aromatic nitrogens is 3. The third-order valence-corrected chi connectivity index (χ3v) is 5.95. The maximum absolute atomic E-state index is 11.3. The first-order chi connectivity index (χ1) is 18.6. The van der Waals surface area contributed by atoms with Crippen molar-refractivity contribution in [1.82, 2.24) is 20.0 Å². The topological polar surface area (TPSA) is 124 Å². The van der Waals surface area contributed by atoms with E-state index in [1.165, 1.54) is 12.8 Å². The van der Waals surface area contributed by atoms with Crippen LogP contribution in [0.4, 0.5) is 0 Å². The molecule has 3 heterocycles. The minimum atomic E-state index is -0.585. The van der Waals surface area contributed by atoms with Crippen molar-refractivity contribution in [2.75, 3.05) is 20.2 Å². The smallest absolute Gasteiger partial charge is 0.439 e. The van der Waals surface area contributed by atoms with Gasteiger partial charge in [-0.3, -0.25) is 14.4 Å². The molecular formula is C28H34N4O6. The molecule has 0 radical (unpaired) electrons. The molecule has 0 bridgehead atoms. The number of ether oxygens (including phenoxy) is 2. The summed E-state index contributed by atoms with van der Waals surface area (Å²) in [6.07, 6.45) is 2.41. The highest BCUT2D eigenvalue weighted by Gasteiger charge is 2.20. The van der Waals surface area contributed by atoms with Crippen LogP contribution in [0.5, 0.6) is 11.5 Å². The molecule has 5 rings (SSSR count). The number of carbonyl (C=O) groups excluding carboxylic acids is 1. The first kappa shape index (κ1) is 28.4. The molecule has 0 atom stereocenters. The minimum Gasteiger partial charge on any atom is -0.497 e. The second-order valence-corrected chi connectivity index (χ2v) is 8.31. The molecule has 0 aliphatic carbocycles. The summed E-state index contributed by atoms with van der Waals surface area (Å²) in [4.78, 5) is 29.0. The number of aryl methyl sites for hydroxylation is 1. The Labute approximate surface area is 221 Å². The molecule has 10 nitrogen and oxygen atoms in total. The molecule has 202 valence electrons. The first-order valence-corrected chi connectivity index (χ1v) is 12.5. The lowest BCUT2D eigenvalue weighted by Crippen LogP contribution is -2.19. The summed E-state index contributed by atoms with van der Waals surface area (Å²) < 4.78 is 22.1. The number of oxazole rings is 1. The molecule has 0 amide bonds. The van der Waals surface area contributed by atoms with Crippen LogP contribution in [0, 0.1) is 6.92 Å². The molecular weight excluding hydrogens is 488 g/mol. The van der Waals surface area contributed by atoms with E-state index in [0.717, 1.165) is 47.8 Å². The predicted octanol–water partition coefficient (Wildman–Crippen LogP) is 5.02. The van der Waals surface area contributed by atoms with Gasteiger partial charge in [-0.15, -0.1) is 0 Å². The summed E-state index contributed by atoms with van der Waals surface area (Å²) in [5.74, 6) is 2.54. The van der Waals surface area contributed by atoms with Gasteiger partial charge in [-0.25, -0.2) is 9.78 Å². The molecule has 1 N–H and O–H groups in total. The van der Waals surface area contributed by atoms with Crippen LogP contribution in [0.1, 0.15) is 43.7 Å². The van der Waals surface area contributed by atoms with E-state index in [-0.39, 0.29) is 6.61 Å². The van der Waals surface area contributed by atoms with E-state index in [9.17, 15) is 4.79 Å². The molecule has 1 saturated heterocycles. The molecule has 0 saturated carbocycles. The molecule has 38 heavy (non-hydrogen) atoms. The molecule has 1 fully saturated rings. The van der Waals surface area contributed by atoms with Crippen LogP contribution >= 0.6 is 0 Å². The zero-order chi connectivity index (χ0) is 27.5. The highest BCUT2D eigenvalue weighted by Crippen LogP contribution is 2.28. The third kappa shape index (κ3) is 6.98. The lowest BCUT2D eigenvalue weighted by Gasteiger charge is -2.13. The van der Waals surface area contributed by atoms with Crippen molar-refractivity contribution in [2.45, 2.75) is 46.8 Å². The largest absolute Gasteiger partial charge is 0.497 e. The maximum atomic E-state index is 11.3. The van der Waals surface area contributed by atoms with Crippen LogP contribution < -0.4 is 15.2 Å². The molecule has 10 heteroatoms. The molecule has 0 spiro atoms. The maximum Gasteiger partial charge on any atom is 0.439 e. The molecule has 2 aromatic carbocycles. The van der Waals surface area contributed by atoms with Gasteiger partial charge in [0.25, 0.3) is 0 Å². The van der Waals surface area contributed by atoms with Gasteiger partial charge in [-0.2, -0.15) is 0 Å². The summed E-state index contributed by atoms with van der Waals surface area (Å²) in [7, 11) is 1.64. The van der Waals surface area contributed by atoms with Gasteiger partial charge >= 0.3 is 5.76 Å². The minimum absolute atomic E-state index is 0.256. The Morgan fingerprint density at radius 2 is 1.74 bits per heavy atom. The Balaban J connectivity index is 0.000000956. The number of nitrogens with one attached hydrogen (secondary N) is 1. The van der Waals surface area contributed by atoms with Crippen molar-refractivity contribution in [1.29, 1.82) is 0 Å². The van der Waals surface area contributed by atoms with Crippen molar-refractivity contribution in [3.8, 4) is 34.3 Å². The van der Waals surface area contributed by atoms with Gasteiger partial charge in [-0.1, -0.05) is 19.0 Å². The fraction of sp³-hybridized carbons (Fsp3) is 0.357. The van der Waals surface area contributed by atoms with E-state index in [1.807, 2.05) is 70.0 Å². The Bertz CT molecular complexity index is 1340. The van der Waals surface area contributed by atoms with Gasteiger partial charge in [0, 0.05) is 17.7 Å². The van der Waals surface area contributed by atoms with Crippen LogP contribution in [0.3, 0.4) is 0 Å². The second kappa shape index (κ2) is 13.9. The zero-order valence-electron chi connectivity index (χ0n) is 22.3. The average molecular weight is 523 g/mol. The Morgan fingerprint density at radius 1 is 1.05 bits per heavy atom. The Kier molecular flexibility index (Phi) is 10.4. The van der Waals surface area contributed by atoms with Crippen molar-refractivity contribution < 1.29 is 23.2 Å². The number of rotatable bonds is 8. The molecule has 4 aromatic rings. The van der Waals surface area contributed by atoms with Crippen LogP contribution in [-0.4, -0.2) is 47.0 Å². The van der Waals surface area contributed by atoms with E-state index in [2.05, 4.69) is 19.6 Å². The molecule has 1 aliphatic rings. The van der Waals surface area contributed by atoms with E-state index >= 15 is 0 Å². The number of likely N-dealkylation sites (tertiary alicyclic amines) is 1. The lowest BCUT2D eigenvalue weighted by molar-refractivity contribution is -0.0980. The second-order valence-electron chi connectivity index (χ2n) is 8.31. The number of nitrogens with zero attached hydrogens (tertiary/aromatic N) is 3. The number of benzene rings is 2. The van der Waals surface area contributed by atoms with Gasteiger partial charge in [0.15, 0.2) is 11.6 Å². The Morgan fingerprint density at radius 3 is 2.34 bits per heavy atom. The number of hydrogen-bond donors (Lipinski definition) is 1. The van der Waals surface area contributed by atoms with Crippen LogP contribution in [-0.2, 0) is 17.9 Å². The van der Waals surface area contributed by atoms with Crippen LogP contribution in [0.2, 0.25) is 0 Å². The van der Waals surface area contributed by atoms with E-state index < -0.39 is 5.76 Å². The number of aromatic amines is 1. The summed E-state index contributed by atoms with van der Waals surface area (Å²) in [6.45, 7) is 11.0. The fourth-order valence-electron chi connectivity index (χ4n) is 4.12. The van der Waals surface area contributed by atoms with Gasteiger partial charge in [-0.05, 0) is 80.9 Å². The van der Waals surface area contributed by atoms with Gasteiger partial charge in [0.05, 0.1) is 7.11 Å². The van der Waals surface area contributed by atoms with Crippen LogP contribution in [0.25, 0.3) is 22.8 Å². The van der Waals surface area contributed by atoms with Gasteiger partial charge < -0.3 is 18.7 Å². The monoisotopic (exact) mass is 522 g/mol. The molecule has 0 unspecified atom stereocenters. The Hall–Kier alpha value is -4.18. The summed E-state index contributed by atoms with van der Waals surface area (Å²) in [6, 6.07) is 13.2. The zero-order valence-corrected chi connectivity index (χ0v) is 22.3. The third-order valence-electron chi connectivity index (χ3n) is 5.95. The SMILES string of the molecule is C=O.CC.COc1ccc(-c2nc(CN3CCCC3)c(COc3ccc(-c4noc(=O)[nH]4)c(C)c3)o2)cc1. The lowest BCUT2D eigenvalue weighted by atomic mass is 10.1. The van der Waals surface area contributed by atoms with Gasteiger partial charge in [0.2, 0.25) is 5.89 Å². The highest BCUT2D eigenvalue weighted by molar-refractivity contribution is 5.60. The van der Waals surface area contributed by atoms with Crippen molar-refractivity contribution in [3.05, 3.63) is 70.0 Å². The van der Waals surface area contributed by atoms with E-state index in [4.69, 9.17) is 23.7 Å². The number of hydrogen-bond acceptors (Lipinski definition) is 9. The average Bonchev–Trinajstić information content (AvgIpc) is 3.72. The number of H-pyrrole nitrogens is 1. The highest BCUT2D eigenvalue weighted by atomic mass is 16.5. The van der Waals surface area contributed by atoms with E-state index in [1.54, 1.807) is 7.11 Å². The van der Waals surface area contributed by atoms with Crippen molar-refractivity contribution in [3.63, 3.8) is 0 Å². The predicted molar refractivity (Wildman–Crippen MR) is 143 cm³/mol. The summed E-state index contributed by atoms with van der Waals surface area (Å²) >= 11 is 0. The van der Waals surface area contributed by atoms with Crippen LogP contribution in [0.15, 0.2) is 56.2 Å². The molecule has 2 aromatic heterocycles. The van der Waals surface area contributed by atoms with E-state index in [0.29, 0.717) is 23.2 Å². The standard InChI is InChI=1S/C25H26N4O5.C2H6.CH2O/c1-16-13-19(9-10-20(16)23-27-25(30)34-28-23)32-15-22-21(14-29-11-3-4-12-29)26-24(33-22)17-5-7-18(31-2)8-6-17;2*1-2/h5-10,13H,3-4,11-12,14-15H2,1-2H3,(H,27,28,30);1-2H3;1H2. The normalized spacial score (nSPS) is 12.7. The first-order valence-electron chi connectivity index (χ1n) is 12.5. The number of carbonyl (C=O) groups is 1. The quantitative estimate of drug-likeness (QED) is 0.340. The van der Waals surface area contributed by atoms with Crippen molar-refractivity contribution in [2.24, 2.45) is 0 Å². The fourth-order valence-corrected chi connectivity index (χ4v) is 4.12. The number of methoxy groups -OCH3 is 1. The molecule has 1 aliphatic heterocycles. The van der Waals surface area contributed by atoms with Crippen molar-refractivity contribution >= 4 is 6.79 Å².